The van der Waals surface area contributed by atoms with Crippen LogP contribution in [0.5, 0.6) is 0 Å². The minimum atomic E-state index is -0.690. The summed E-state index contributed by atoms with van der Waals surface area (Å²) in [5.41, 5.74) is 12.8. The molecule has 2 aromatic carbocycles. The van der Waals surface area contributed by atoms with Gasteiger partial charge in [-0.3, -0.25) is 4.79 Å². The molecule has 0 atom stereocenters. The van der Waals surface area contributed by atoms with Crippen LogP contribution in [-0.4, -0.2) is 5.91 Å². The van der Waals surface area contributed by atoms with Crippen molar-refractivity contribution in [2.24, 2.45) is 5.73 Å². The Labute approximate surface area is 110 Å². The second-order valence-corrected chi connectivity index (χ2v) is 4.28. The number of carbonyl (C=O) groups excluding carboxylic acids is 1. The van der Waals surface area contributed by atoms with Crippen molar-refractivity contribution in [1.82, 2.24) is 0 Å². The standard InChI is InChI=1S/C14H14FN3O/c1-8-3-2-4-9(5-8)18-13-6-10(14(17)19)12(16)7-11(13)15/h2-7,18H,16H2,1H3,(H2,17,19). The number of benzene rings is 2. The monoisotopic (exact) mass is 259 g/mol. The number of nitrogen functional groups attached to an aromatic ring is 1. The van der Waals surface area contributed by atoms with Gasteiger partial charge in [0.05, 0.1) is 11.3 Å². The van der Waals surface area contributed by atoms with Crippen LogP contribution in [-0.2, 0) is 0 Å². The molecule has 4 nitrogen and oxygen atoms in total. The Bertz CT molecular complexity index is 641. The predicted molar refractivity (Wildman–Crippen MR) is 73.8 cm³/mol. The van der Waals surface area contributed by atoms with E-state index in [2.05, 4.69) is 5.32 Å². The number of halogens is 1. The largest absolute Gasteiger partial charge is 0.398 e. The molecule has 0 spiro atoms. The Morgan fingerprint density at radius 1 is 1.26 bits per heavy atom. The molecule has 0 aliphatic rings. The van der Waals surface area contributed by atoms with Gasteiger partial charge in [0.15, 0.2) is 0 Å². The van der Waals surface area contributed by atoms with Gasteiger partial charge < -0.3 is 16.8 Å². The van der Waals surface area contributed by atoms with Gasteiger partial charge in [-0.1, -0.05) is 12.1 Å². The number of hydrogen-bond acceptors (Lipinski definition) is 3. The molecule has 0 fully saturated rings. The second kappa shape index (κ2) is 4.97. The number of nitrogens with two attached hydrogens (primary N) is 2. The molecule has 0 aliphatic carbocycles. The maximum absolute atomic E-state index is 13.8. The first-order valence-electron chi connectivity index (χ1n) is 5.70. The summed E-state index contributed by atoms with van der Waals surface area (Å²) in [5, 5.41) is 2.90. The van der Waals surface area contributed by atoms with Gasteiger partial charge in [-0.25, -0.2) is 4.39 Å². The molecule has 0 aromatic heterocycles. The van der Waals surface area contributed by atoms with E-state index in [4.69, 9.17) is 11.5 Å². The van der Waals surface area contributed by atoms with Crippen LogP contribution >= 0.6 is 0 Å². The van der Waals surface area contributed by atoms with Gasteiger partial charge >= 0.3 is 0 Å². The molecule has 2 rings (SSSR count). The summed E-state index contributed by atoms with van der Waals surface area (Å²) in [7, 11) is 0. The fourth-order valence-electron chi connectivity index (χ4n) is 1.78. The van der Waals surface area contributed by atoms with E-state index < -0.39 is 11.7 Å². The lowest BCUT2D eigenvalue weighted by Crippen LogP contribution is -2.14. The van der Waals surface area contributed by atoms with Gasteiger partial charge in [-0.15, -0.1) is 0 Å². The molecule has 0 radical (unpaired) electrons. The van der Waals surface area contributed by atoms with Crippen LogP contribution in [0.25, 0.3) is 0 Å². The number of nitrogens with one attached hydrogen (secondary N) is 1. The zero-order valence-corrected chi connectivity index (χ0v) is 10.4. The molecule has 98 valence electrons. The first-order chi connectivity index (χ1) is 8.97. The van der Waals surface area contributed by atoms with Crippen molar-refractivity contribution in [3.05, 3.63) is 53.3 Å². The highest BCUT2D eigenvalue weighted by atomic mass is 19.1. The molecule has 0 saturated heterocycles. The topological polar surface area (TPSA) is 81.1 Å². The summed E-state index contributed by atoms with van der Waals surface area (Å²) in [4.78, 5) is 11.2. The van der Waals surface area contributed by atoms with Crippen LogP contribution in [0.4, 0.5) is 21.5 Å². The van der Waals surface area contributed by atoms with Crippen molar-refractivity contribution < 1.29 is 9.18 Å². The van der Waals surface area contributed by atoms with E-state index in [-0.39, 0.29) is 16.9 Å². The number of primary amides is 1. The first-order valence-corrected chi connectivity index (χ1v) is 5.70. The van der Waals surface area contributed by atoms with Crippen LogP contribution in [0.1, 0.15) is 15.9 Å². The van der Waals surface area contributed by atoms with E-state index in [1.165, 1.54) is 6.07 Å². The molecule has 2 aromatic rings. The molecule has 0 saturated carbocycles. The first kappa shape index (κ1) is 12.9. The Hall–Kier alpha value is -2.56. The van der Waals surface area contributed by atoms with E-state index in [9.17, 15) is 9.18 Å². The number of aryl methyl sites for hydroxylation is 1. The average Bonchev–Trinajstić information content (AvgIpc) is 2.32. The molecule has 0 bridgehead atoms. The third-order valence-corrected chi connectivity index (χ3v) is 2.70. The molecule has 5 N–H and O–H groups in total. The molecule has 0 unspecified atom stereocenters. The SMILES string of the molecule is Cc1cccc(Nc2cc(C(N)=O)c(N)cc2F)c1. The maximum Gasteiger partial charge on any atom is 0.250 e. The summed E-state index contributed by atoms with van der Waals surface area (Å²) in [6.07, 6.45) is 0. The molecule has 5 heteroatoms. The molecule has 1 amide bonds. The van der Waals surface area contributed by atoms with Gasteiger partial charge in [0, 0.05) is 11.4 Å². The summed E-state index contributed by atoms with van der Waals surface area (Å²) in [5.74, 6) is -1.23. The highest BCUT2D eigenvalue weighted by Gasteiger charge is 2.12. The number of carbonyl (C=O) groups is 1. The quantitative estimate of drug-likeness (QED) is 0.741. The predicted octanol–water partition coefficient (Wildman–Crippen LogP) is 2.56. The van der Waals surface area contributed by atoms with E-state index in [0.29, 0.717) is 0 Å². The summed E-state index contributed by atoms with van der Waals surface area (Å²) < 4.78 is 13.8. The van der Waals surface area contributed by atoms with E-state index >= 15 is 0 Å². The van der Waals surface area contributed by atoms with E-state index in [1.54, 1.807) is 6.07 Å². The summed E-state index contributed by atoms with van der Waals surface area (Å²) in [6.45, 7) is 1.93. The van der Waals surface area contributed by atoms with Crippen LogP contribution in [0.2, 0.25) is 0 Å². The summed E-state index contributed by atoms with van der Waals surface area (Å²) >= 11 is 0. The highest BCUT2D eigenvalue weighted by Crippen LogP contribution is 2.25. The van der Waals surface area contributed by atoms with Crippen molar-refractivity contribution in [1.29, 1.82) is 0 Å². The normalized spacial score (nSPS) is 10.2. The third kappa shape index (κ3) is 2.82. The fourth-order valence-corrected chi connectivity index (χ4v) is 1.78. The van der Waals surface area contributed by atoms with Gasteiger partial charge in [0.1, 0.15) is 5.82 Å². The van der Waals surface area contributed by atoms with Gasteiger partial charge in [0.2, 0.25) is 0 Å². The van der Waals surface area contributed by atoms with Crippen molar-refractivity contribution in [3.8, 4) is 0 Å². The minimum Gasteiger partial charge on any atom is -0.398 e. The Balaban J connectivity index is 2.40. The van der Waals surface area contributed by atoms with Crippen molar-refractivity contribution >= 4 is 23.0 Å². The highest BCUT2D eigenvalue weighted by molar-refractivity contribution is 5.99. The lowest BCUT2D eigenvalue weighted by molar-refractivity contribution is 0.100. The smallest absolute Gasteiger partial charge is 0.250 e. The Morgan fingerprint density at radius 2 is 2.00 bits per heavy atom. The molecular weight excluding hydrogens is 245 g/mol. The lowest BCUT2D eigenvalue weighted by Gasteiger charge is -2.11. The van der Waals surface area contributed by atoms with Crippen LogP contribution < -0.4 is 16.8 Å². The van der Waals surface area contributed by atoms with Gasteiger partial charge in [-0.05, 0) is 36.8 Å². The molecule has 0 aliphatic heterocycles. The van der Waals surface area contributed by atoms with Crippen molar-refractivity contribution in [3.63, 3.8) is 0 Å². The summed E-state index contributed by atoms with van der Waals surface area (Å²) in [6, 6.07) is 9.83. The van der Waals surface area contributed by atoms with E-state index in [1.807, 2.05) is 25.1 Å². The molecule has 19 heavy (non-hydrogen) atoms. The van der Waals surface area contributed by atoms with E-state index in [0.717, 1.165) is 17.3 Å². The lowest BCUT2D eigenvalue weighted by atomic mass is 10.1. The van der Waals surface area contributed by atoms with Crippen LogP contribution in [0.3, 0.4) is 0 Å². The Kier molecular flexibility index (Phi) is 3.37. The number of amides is 1. The molecule has 0 heterocycles. The second-order valence-electron chi connectivity index (χ2n) is 4.28. The number of rotatable bonds is 3. The van der Waals surface area contributed by atoms with Crippen LogP contribution in [0, 0.1) is 12.7 Å². The number of anilines is 3. The zero-order chi connectivity index (χ0) is 14.0. The average molecular weight is 259 g/mol. The maximum atomic E-state index is 13.8. The minimum absolute atomic E-state index is 0.0276. The zero-order valence-electron chi connectivity index (χ0n) is 10.4. The fraction of sp³-hybridized carbons (Fsp3) is 0.0714. The third-order valence-electron chi connectivity index (χ3n) is 2.70. The van der Waals surface area contributed by atoms with Crippen molar-refractivity contribution in [2.75, 3.05) is 11.1 Å². The number of hydrogen-bond donors (Lipinski definition) is 3. The van der Waals surface area contributed by atoms with Crippen LogP contribution in [0.15, 0.2) is 36.4 Å². The van der Waals surface area contributed by atoms with Gasteiger partial charge in [0.25, 0.3) is 5.91 Å². The van der Waals surface area contributed by atoms with Crippen molar-refractivity contribution in [2.45, 2.75) is 6.92 Å². The molecular formula is C14H14FN3O. The Morgan fingerprint density at radius 3 is 2.63 bits per heavy atom. The van der Waals surface area contributed by atoms with Gasteiger partial charge in [-0.2, -0.15) is 0 Å².